The van der Waals surface area contributed by atoms with Gasteiger partial charge in [-0.3, -0.25) is 0 Å². The van der Waals surface area contributed by atoms with E-state index in [0.717, 1.165) is 6.54 Å². The van der Waals surface area contributed by atoms with Gasteiger partial charge in [-0.1, -0.05) is 13.3 Å². The van der Waals surface area contributed by atoms with E-state index in [-0.39, 0.29) is 0 Å². The zero-order valence-corrected chi connectivity index (χ0v) is 8.29. The van der Waals surface area contributed by atoms with E-state index in [4.69, 9.17) is 0 Å². The normalized spacial score (nSPS) is 21.0. The number of rotatable bonds is 5. The maximum absolute atomic E-state index is 9.84. The Morgan fingerprint density at radius 2 is 2.08 bits per heavy atom. The monoisotopic (exact) mass is 184 g/mol. The fourth-order valence-corrected chi connectivity index (χ4v) is 1.81. The Kier molecular flexibility index (Phi) is 4.83. The molecule has 0 bridgehead atoms. The molecule has 0 saturated carbocycles. The molecule has 0 aromatic heterocycles. The van der Waals surface area contributed by atoms with Crippen LogP contribution >= 0.6 is 0 Å². The van der Waals surface area contributed by atoms with E-state index in [1.165, 1.54) is 38.8 Å². The molecular formula is C10H18NO2. The Morgan fingerprint density at radius 1 is 1.38 bits per heavy atom. The molecule has 75 valence electrons. The molecule has 1 saturated heterocycles. The number of hydrogen-bond donors (Lipinski definition) is 0. The zero-order chi connectivity index (χ0) is 9.52. The molecule has 0 aliphatic carbocycles. The third-order valence-corrected chi connectivity index (χ3v) is 2.45. The van der Waals surface area contributed by atoms with Crippen LogP contribution in [0.15, 0.2) is 0 Å². The van der Waals surface area contributed by atoms with Crippen LogP contribution in [-0.4, -0.2) is 37.6 Å². The van der Waals surface area contributed by atoms with E-state index in [9.17, 15) is 4.79 Å². The van der Waals surface area contributed by atoms with Crippen LogP contribution in [0.5, 0.6) is 0 Å². The fraction of sp³-hybridized carbons (Fsp3) is 0.900. The Hall–Kier alpha value is -0.570. The van der Waals surface area contributed by atoms with Crippen molar-refractivity contribution in [3.05, 3.63) is 0 Å². The lowest BCUT2D eigenvalue weighted by Gasteiger charge is -2.28. The number of ether oxygens (including phenoxy) is 1. The molecule has 13 heavy (non-hydrogen) atoms. The van der Waals surface area contributed by atoms with Crippen LogP contribution in [0.4, 0.5) is 0 Å². The van der Waals surface area contributed by atoms with E-state index in [2.05, 4.69) is 16.6 Å². The Balaban J connectivity index is 2.10. The van der Waals surface area contributed by atoms with Crippen molar-refractivity contribution < 1.29 is 9.53 Å². The van der Waals surface area contributed by atoms with Crippen molar-refractivity contribution >= 4 is 6.47 Å². The van der Waals surface area contributed by atoms with Crippen molar-refractivity contribution in [1.82, 2.24) is 4.90 Å². The van der Waals surface area contributed by atoms with Gasteiger partial charge in [0.05, 0.1) is 6.61 Å². The van der Waals surface area contributed by atoms with Crippen LogP contribution in [-0.2, 0) is 9.53 Å². The highest BCUT2D eigenvalue weighted by molar-refractivity contribution is 5.38. The Bertz CT molecular complexity index is 144. The molecule has 0 amide bonds. The molecule has 1 aliphatic heterocycles. The first kappa shape index (κ1) is 10.5. The van der Waals surface area contributed by atoms with Crippen LogP contribution < -0.4 is 0 Å². The predicted octanol–water partition coefficient (Wildman–Crippen LogP) is 1.19. The van der Waals surface area contributed by atoms with Crippen molar-refractivity contribution in [2.75, 3.05) is 26.2 Å². The molecule has 1 radical (unpaired) electrons. The van der Waals surface area contributed by atoms with Gasteiger partial charge in [-0.05, 0) is 25.9 Å². The third-order valence-electron chi connectivity index (χ3n) is 2.45. The summed E-state index contributed by atoms with van der Waals surface area (Å²) in [4.78, 5) is 12.3. The lowest BCUT2D eigenvalue weighted by atomic mass is 10.1. The van der Waals surface area contributed by atoms with Crippen molar-refractivity contribution in [2.24, 2.45) is 5.92 Å². The molecule has 1 rings (SSSR count). The average molecular weight is 184 g/mol. The molecule has 1 fully saturated rings. The summed E-state index contributed by atoms with van der Waals surface area (Å²) in [5, 5.41) is 0. The Morgan fingerprint density at radius 3 is 2.69 bits per heavy atom. The van der Waals surface area contributed by atoms with Gasteiger partial charge in [0.2, 0.25) is 0 Å². The number of hydrogen-bond acceptors (Lipinski definition) is 3. The van der Waals surface area contributed by atoms with Gasteiger partial charge in [0.1, 0.15) is 0 Å². The smallest absolute Gasteiger partial charge is 0.417 e. The van der Waals surface area contributed by atoms with Gasteiger partial charge in [-0.2, -0.15) is 0 Å². The summed E-state index contributed by atoms with van der Waals surface area (Å²) in [6, 6.07) is 0. The minimum Gasteiger partial charge on any atom is -0.457 e. The van der Waals surface area contributed by atoms with Crippen LogP contribution in [0.25, 0.3) is 0 Å². The van der Waals surface area contributed by atoms with Crippen LogP contribution in [0.3, 0.4) is 0 Å². The molecule has 3 nitrogen and oxygen atoms in total. The number of carbonyl (C=O) groups excluding carboxylic acids is 1. The molecule has 0 spiro atoms. The maximum atomic E-state index is 9.84. The Labute approximate surface area is 80.1 Å². The van der Waals surface area contributed by atoms with E-state index >= 15 is 0 Å². The molecule has 3 heteroatoms. The first-order valence-electron chi connectivity index (χ1n) is 5.04. The molecule has 1 unspecified atom stereocenters. The minimum atomic E-state index is 0.430. The molecule has 1 heterocycles. The van der Waals surface area contributed by atoms with Gasteiger partial charge in [0.25, 0.3) is 0 Å². The van der Waals surface area contributed by atoms with Crippen molar-refractivity contribution in [2.45, 2.75) is 26.2 Å². The first-order valence-corrected chi connectivity index (χ1v) is 5.04. The first-order chi connectivity index (χ1) is 6.33. The second kappa shape index (κ2) is 5.97. The van der Waals surface area contributed by atoms with Gasteiger partial charge in [-0.25, -0.2) is 4.79 Å². The number of likely N-dealkylation sites (tertiary alicyclic amines) is 1. The highest BCUT2D eigenvalue weighted by Crippen LogP contribution is 2.10. The summed E-state index contributed by atoms with van der Waals surface area (Å²) in [6.45, 7) is 7.52. The van der Waals surface area contributed by atoms with Crippen LogP contribution in [0.2, 0.25) is 0 Å². The zero-order valence-electron chi connectivity index (χ0n) is 8.29. The third kappa shape index (κ3) is 4.27. The number of nitrogens with zero attached hydrogens (tertiary/aromatic N) is 1. The summed E-state index contributed by atoms with van der Waals surface area (Å²) >= 11 is 0. The van der Waals surface area contributed by atoms with Crippen molar-refractivity contribution in [3.8, 4) is 0 Å². The summed E-state index contributed by atoms with van der Waals surface area (Å²) in [5.41, 5.74) is 0. The highest BCUT2D eigenvalue weighted by atomic mass is 16.5. The number of piperidine rings is 1. The molecule has 0 aromatic rings. The molecule has 1 atom stereocenters. The van der Waals surface area contributed by atoms with Gasteiger partial charge in [0.15, 0.2) is 0 Å². The molecule has 0 N–H and O–H groups in total. The van der Waals surface area contributed by atoms with Crippen LogP contribution in [0.1, 0.15) is 26.2 Å². The van der Waals surface area contributed by atoms with Crippen molar-refractivity contribution in [3.63, 3.8) is 0 Å². The topological polar surface area (TPSA) is 29.5 Å². The second-order valence-corrected chi connectivity index (χ2v) is 3.86. The quantitative estimate of drug-likeness (QED) is 0.643. The lowest BCUT2D eigenvalue weighted by Crippen LogP contribution is -2.34. The van der Waals surface area contributed by atoms with Gasteiger partial charge in [-0.15, -0.1) is 0 Å². The molecule has 0 aromatic carbocycles. The second-order valence-electron chi connectivity index (χ2n) is 3.86. The predicted molar refractivity (Wildman–Crippen MR) is 51.1 cm³/mol. The summed E-state index contributed by atoms with van der Waals surface area (Å²) in [7, 11) is 0. The molecular weight excluding hydrogens is 166 g/mol. The van der Waals surface area contributed by atoms with Crippen molar-refractivity contribution in [1.29, 1.82) is 0 Å². The van der Waals surface area contributed by atoms with E-state index < -0.39 is 0 Å². The standard InChI is InChI=1S/C10H18NO2/c1-10(8-13-9-12)7-11-5-3-2-4-6-11/h10H,2-8H2,1H3. The summed E-state index contributed by atoms with van der Waals surface area (Å²) < 4.78 is 4.60. The van der Waals surface area contributed by atoms with Crippen LogP contribution in [0, 0.1) is 5.92 Å². The highest BCUT2D eigenvalue weighted by Gasteiger charge is 2.13. The fourth-order valence-electron chi connectivity index (χ4n) is 1.81. The SMILES string of the molecule is CC(CO[C]=O)CN1CCCCC1. The lowest BCUT2D eigenvalue weighted by molar-refractivity contribution is 0.157. The maximum Gasteiger partial charge on any atom is 0.417 e. The average Bonchev–Trinajstić information content (AvgIpc) is 2.16. The van der Waals surface area contributed by atoms with Gasteiger partial charge >= 0.3 is 6.47 Å². The van der Waals surface area contributed by atoms with E-state index in [1.54, 1.807) is 0 Å². The van der Waals surface area contributed by atoms with Gasteiger partial charge in [0, 0.05) is 12.5 Å². The molecule has 1 aliphatic rings. The van der Waals surface area contributed by atoms with Gasteiger partial charge < -0.3 is 9.64 Å². The largest absolute Gasteiger partial charge is 0.457 e. The van der Waals surface area contributed by atoms with E-state index in [1.807, 2.05) is 0 Å². The summed E-state index contributed by atoms with van der Waals surface area (Å²) in [5.74, 6) is 0.430. The van der Waals surface area contributed by atoms with E-state index in [0.29, 0.717) is 12.5 Å². The summed E-state index contributed by atoms with van der Waals surface area (Å²) in [6.07, 6.45) is 3.99. The minimum absolute atomic E-state index is 0.430.